The topological polar surface area (TPSA) is 131 Å². The van der Waals surface area contributed by atoms with Crippen molar-refractivity contribution in [3.05, 3.63) is 85.1 Å². The number of aliphatic hydroxyl groups is 1. The van der Waals surface area contributed by atoms with E-state index in [4.69, 9.17) is 18.5 Å². The number of quaternary nitrogens is 1. The van der Waals surface area contributed by atoms with Crippen molar-refractivity contribution in [1.29, 1.82) is 0 Å². The zero-order valence-electron chi connectivity index (χ0n) is 36.1. The van der Waals surface area contributed by atoms with Gasteiger partial charge in [0, 0.05) is 12.8 Å². The first-order valence-corrected chi connectivity index (χ1v) is 22.9. The fourth-order valence-electron chi connectivity index (χ4n) is 5.12. The molecular weight excluding hydrogens is 741 g/mol. The van der Waals surface area contributed by atoms with Crippen LogP contribution in [0.15, 0.2) is 85.1 Å². The molecule has 0 amide bonds. The number of aliphatic hydroxyl groups excluding tert-OH is 1. The number of hydrogen-bond acceptors (Lipinski definition) is 9. The van der Waals surface area contributed by atoms with Crippen molar-refractivity contribution in [2.24, 2.45) is 0 Å². The van der Waals surface area contributed by atoms with Crippen molar-refractivity contribution in [3.8, 4) is 0 Å². The molecule has 0 aromatic carbocycles. The van der Waals surface area contributed by atoms with Gasteiger partial charge in [0.2, 0.25) is 0 Å². The molecule has 1 N–H and O–H groups in total. The summed E-state index contributed by atoms with van der Waals surface area (Å²) in [6, 6.07) is 0. The Balaban J connectivity index is 4.58. The Morgan fingerprint density at radius 1 is 0.667 bits per heavy atom. The first-order valence-electron chi connectivity index (χ1n) is 21.4. The fraction of sp³-hybridized carbons (Fsp3) is 0.652. The lowest BCUT2D eigenvalue weighted by Crippen LogP contribution is -2.37. The van der Waals surface area contributed by atoms with Crippen LogP contribution in [-0.2, 0) is 32.7 Å². The maximum Gasteiger partial charge on any atom is 0.306 e. The predicted octanol–water partition coefficient (Wildman–Crippen LogP) is 10.4. The molecule has 0 radical (unpaired) electrons. The van der Waals surface area contributed by atoms with E-state index in [9.17, 15) is 24.2 Å². The van der Waals surface area contributed by atoms with Crippen LogP contribution >= 0.6 is 7.82 Å². The summed E-state index contributed by atoms with van der Waals surface area (Å²) in [6.45, 7) is 3.86. The normalized spacial score (nSPS) is 15.0. The highest BCUT2D eigenvalue weighted by atomic mass is 31.2. The van der Waals surface area contributed by atoms with Gasteiger partial charge in [-0.2, -0.15) is 0 Å². The largest absolute Gasteiger partial charge is 0.756 e. The highest BCUT2D eigenvalue weighted by Gasteiger charge is 2.21. The molecule has 0 aromatic heterocycles. The summed E-state index contributed by atoms with van der Waals surface area (Å²) in [5.74, 6) is -0.987. The fourth-order valence-corrected chi connectivity index (χ4v) is 5.85. The molecule has 2 unspecified atom stereocenters. The molecule has 11 heteroatoms. The van der Waals surface area contributed by atoms with E-state index >= 15 is 0 Å². The molecule has 0 aliphatic rings. The van der Waals surface area contributed by atoms with Crippen LogP contribution in [0.25, 0.3) is 0 Å². The molecule has 0 saturated heterocycles. The lowest BCUT2D eigenvalue weighted by molar-refractivity contribution is -0.870. The Morgan fingerprint density at radius 3 is 1.89 bits per heavy atom. The van der Waals surface area contributed by atoms with E-state index in [0.717, 1.165) is 64.2 Å². The number of carbonyl (C=O) groups excluding carboxylic acids is 2. The number of rotatable bonds is 37. The van der Waals surface area contributed by atoms with Crippen LogP contribution < -0.4 is 4.89 Å². The van der Waals surface area contributed by atoms with E-state index in [2.05, 4.69) is 68.5 Å². The first kappa shape index (κ1) is 54.2. The van der Waals surface area contributed by atoms with Crippen LogP contribution in [0.2, 0.25) is 0 Å². The number of unbranched alkanes of at least 4 members (excludes halogenated alkanes) is 8. The Morgan fingerprint density at radius 2 is 1.25 bits per heavy atom. The lowest BCUT2D eigenvalue weighted by atomic mass is 10.1. The summed E-state index contributed by atoms with van der Waals surface area (Å²) < 4.78 is 33.7. The highest BCUT2D eigenvalue weighted by Crippen LogP contribution is 2.38. The summed E-state index contributed by atoms with van der Waals surface area (Å²) in [4.78, 5) is 37.5. The van der Waals surface area contributed by atoms with Crippen molar-refractivity contribution in [3.63, 3.8) is 0 Å². The quantitative estimate of drug-likeness (QED) is 0.0162. The second kappa shape index (κ2) is 37.4. The zero-order chi connectivity index (χ0) is 42.3. The monoisotopic (exact) mass is 820 g/mol. The molecule has 0 bridgehead atoms. The van der Waals surface area contributed by atoms with Crippen LogP contribution in [0.3, 0.4) is 0 Å². The van der Waals surface area contributed by atoms with E-state index in [1.54, 1.807) is 6.08 Å². The van der Waals surface area contributed by atoms with Gasteiger partial charge in [-0.15, -0.1) is 0 Å². The summed E-state index contributed by atoms with van der Waals surface area (Å²) in [5.41, 5.74) is 0. The third-order valence-corrected chi connectivity index (χ3v) is 9.47. The van der Waals surface area contributed by atoms with Crippen molar-refractivity contribution < 1.29 is 47.2 Å². The van der Waals surface area contributed by atoms with Crippen LogP contribution in [0.5, 0.6) is 0 Å². The zero-order valence-corrected chi connectivity index (χ0v) is 37.0. The van der Waals surface area contributed by atoms with Gasteiger partial charge < -0.3 is 33.0 Å². The number of carbonyl (C=O) groups is 2. The predicted molar refractivity (Wildman–Crippen MR) is 232 cm³/mol. The summed E-state index contributed by atoms with van der Waals surface area (Å²) >= 11 is 0. The number of phosphoric acid groups is 1. The molecule has 0 aliphatic heterocycles. The molecular formula is C46H78NO9P. The van der Waals surface area contributed by atoms with Crippen LogP contribution in [0, 0.1) is 0 Å². The molecule has 0 aromatic rings. The van der Waals surface area contributed by atoms with Crippen LogP contribution in [-0.4, -0.2) is 81.2 Å². The average Bonchev–Trinajstić information content (AvgIpc) is 3.15. The molecule has 3 atom stereocenters. The second-order valence-electron chi connectivity index (χ2n) is 15.2. The van der Waals surface area contributed by atoms with E-state index in [1.165, 1.54) is 19.3 Å². The minimum Gasteiger partial charge on any atom is -0.756 e. The van der Waals surface area contributed by atoms with E-state index < -0.39 is 38.6 Å². The van der Waals surface area contributed by atoms with Crippen molar-refractivity contribution in [1.82, 2.24) is 0 Å². The molecule has 326 valence electrons. The van der Waals surface area contributed by atoms with E-state index in [1.807, 2.05) is 45.4 Å². The third kappa shape index (κ3) is 41.1. The number of esters is 2. The number of likely N-dealkylation sites (N-methyl/N-ethyl adjacent to an activating group) is 1. The number of ether oxygens (including phenoxy) is 2. The van der Waals surface area contributed by atoms with E-state index in [-0.39, 0.29) is 26.1 Å². The third-order valence-electron chi connectivity index (χ3n) is 8.50. The SMILES string of the molecule is CC/C=C/C/C=C/C=C/C(O)CCCCCCCC(=O)OC[C@H](COP(=O)([O-])OCC[N+](C)(C)C)OC(=O)CCC/C=C\C/C=C\C/C=C\C/C=C\CCCCC. The number of nitrogens with zero attached hydrogens (tertiary/aromatic N) is 1. The van der Waals surface area contributed by atoms with Crippen LogP contribution in [0.4, 0.5) is 0 Å². The summed E-state index contributed by atoms with van der Waals surface area (Å²) in [5, 5.41) is 10.1. The molecule has 0 rings (SSSR count). The summed E-state index contributed by atoms with van der Waals surface area (Å²) in [7, 11) is 1.06. The van der Waals surface area contributed by atoms with Gasteiger partial charge in [-0.1, -0.05) is 137 Å². The molecule has 10 nitrogen and oxygen atoms in total. The van der Waals surface area contributed by atoms with Gasteiger partial charge in [-0.3, -0.25) is 14.2 Å². The van der Waals surface area contributed by atoms with Crippen molar-refractivity contribution in [2.75, 3.05) is 47.5 Å². The first-order chi connectivity index (χ1) is 27.4. The van der Waals surface area contributed by atoms with Gasteiger partial charge in [0.15, 0.2) is 6.10 Å². The van der Waals surface area contributed by atoms with Gasteiger partial charge >= 0.3 is 11.9 Å². The van der Waals surface area contributed by atoms with Crippen molar-refractivity contribution in [2.45, 2.75) is 148 Å². The second-order valence-corrected chi connectivity index (χ2v) is 16.6. The smallest absolute Gasteiger partial charge is 0.306 e. The highest BCUT2D eigenvalue weighted by molar-refractivity contribution is 7.45. The summed E-state index contributed by atoms with van der Waals surface area (Å²) in [6.07, 6.45) is 43.5. The van der Waals surface area contributed by atoms with Gasteiger partial charge in [0.1, 0.15) is 19.8 Å². The number of phosphoric ester groups is 1. The van der Waals surface area contributed by atoms with Gasteiger partial charge in [0.25, 0.3) is 7.82 Å². The minimum atomic E-state index is -4.67. The molecule has 0 heterocycles. The molecule has 57 heavy (non-hydrogen) atoms. The maximum atomic E-state index is 12.6. The van der Waals surface area contributed by atoms with Gasteiger partial charge in [0.05, 0.1) is 33.9 Å². The molecule has 0 fully saturated rings. The Hall–Kier alpha value is -2.85. The molecule has 0 spiro atoms. The Labute approximate surface area is 346 Å². The van der Waals surface area contributed by atoms with Gasteiger partial charge in [-0.25, -0.2) is 0 Å². The standard InChI is InChI=1S/C46H78NO9P/c1-6-8-10-12-14-15-16-17-18-19-20-21-22-23-25-29-34-38-46(50)56-44(42-55-57(51,52)54-40-39-47(3,4)5)41-53-45(49)37-33-30-26-28-32-36-43(48)35-31-27-24-13-11-9-7-2/h9,11,14-15,17-18,20-21,23-25,27,31,35,43-44,48H,6-8,10,12-13,16,19,22,26,28-30,32-34,36-42H2,1-5H3/b11-9+,15-14-,18-17-,21-20-,25-23-,27-24+,35-31+/t43?,44-/m1/s1. The minimum absolute atomic E-state index is 0.0617. The Kier molecular flexibility index (Phi) is 35.6. The van der Waals surface area contributed by atoms with Gasteiger partial charge in [-0.05, 0) is 70.6 Å². The lowest BCUT2D eigenvalue weighted by Gasteiger charge is -2.28. The Bertz CT molecular complexity index is 1260. The number of hydrogen-bond donors (Lipinski definition) is 1. The molecule has 0 aliphatic carbocycles. The average molecular weight is 820 g/mol. The number of allylic oxidation sites excluding steroid dienone is 13. The van der Waals surface area contributed by atoms with Crippen molar-refractivity contribution >= 4 is 19.8 Å². The van der Waals surface area contributed by atoms with Crippen LogP contribution in [0.1, 0.15) is 136 Å². The van der Waals surface area contributed by atoms with E-state index in [0.29, 0.717) is 36.7 Å². The maximum absolute atomic E-state index is 12.6. The molecule has 0 saturated carbocycles.